The molecule has 0 spiro atoms. The second-order valence-corrected chi connectivity index (χ2v) is 5.86. The van der Waals surface area contributed by atoms with E-state index in [1.807, 2.05) is 0 Å². The summed E-state index contributed by atoms with van der Waals surface area (Å²) in [6, 6.07) is 0.234. The van der Waals surface area contributed by atoms with Crippen LogP contribution in [0.25, 0.3) is 0 Å². The lowest BCUT2D eigenvalue weighted by Crippen LogP contribution is -2.51. The topological polar surface area (TPSA) is 61.4 Å². The molecular formula is C13H24N2O2. The van der Waals surface area contributed by atoms with Gasteiger partial charge in [0.1, 0.15) is 0 Å². The number of amides is 2. The van der Waals surface area contributed by atoms with E-state index < -0.39 is 5.60 Å². The summed E-state index contributed by atoms with van der Waals surface area (Å²) in [4.78, 5) is 11.6. The summed E-state index contributed by atoms with van der Waals surface area (Å²) in [5.74, 6) is 0.707. The van der Waals surface area contributed by atoms with E-state index in [0.717, 1.165) is 38.5 Å². The van der Waals surface area contributed by atoms with Crippen molar-refractivity contribution < 1.29 is 9.90 Å². The first-order valence-corrected chi connectivity index (χ1v) is 6.84. The lowest BCUT2D eigenvalue weighted by molar-refractivity contribution is -0.00400. The largest absolute Gasteiger partial charge is 0.388 e. The van der Waals surface area contributed by atoms with Crippen LogP contribution in [0.2, 0.25) is 0 Å². The molecule has 17 heavy (non-hydrogen) atoms. The first-order valence-electron chi connectivity index (χ1n) is 6.84. The number of nitrogens with one attached hydrogen (secondary N) is 2. The molecule has 0 radical (unpaired) electrons. The fraction of sp³-hybridized carbons (Fsp3) is 0.923. The third-order valence-electron chi connectivity index (χ3n) is 4.22. The van der Waals surface area contributed by atoms with Crippen LogP contribution >= 0.6 is 0 Å². The van der Waals surface area contributed by atoms with Crippen molar-refractivity contribution in [3.8, 4) is 0 Å². The number of carbonyl (C=O) groups excluding carboxylic acids is 1. The van der Waals surface area contributed by atoms with E-state index in [1.165, 1.54) is 6.42 Å². The molecule has 0 unspecified atom stereocenters. The van der Waals surface area contributed by atoms with Gasteiger partial charge in [0.05, 0.1) is 5.60 Å². The Bertz CT molecular complexity index is 269. The standard InChI is InChI=1S/C13H24N2O2/c1-10-5-7-13(17,8-6-10)9-14-12(16)15-11-3-2-4-11/h10-11,17H,2-9H2,1H3,(H2,14,15,16). The summed E-state index contributed by atoms with van der Waals surface area (Å²) in [6.07, 6.45) is 7.12. The molecule has 0 heterocycles. The number of hydrogen-bond acceptors (Lipinski definition) is 2. The Morgan fingerprint density at radius 2 is 1.94 bits per heavy atom. The van der Waals surface area contributed by atoms with Crippen LogP contribution in [0.15, 0.2) is 0 Å². The normalized spacial score (nSPS) is 33.9. The van der Waals surface area contributed by atoms with E-state index in [2.05, 4.69) is 17.6 Å². The Kier molecular flexibility index (Phi) is 3.92. The quantitative estimate of drug-likeness (QED) is 0.704. The summed E-state index contributed by atoms with van der Waals surface area (Å²) in [7, 11) is 0. The van der Waals surface area contributed by atoms with E-state index in [4.69, 9.17) is 0 Å². The minimum atomic E-state index is -0.677. The molecule has 0 aromatic carbocycles. The van der Waals surface area contributed by atoms with E-state index in [1.54, 1.807) is 0 Å². The summed E-state index contributed by atoms with van der Waals surface area (Å²) in [6.45, 7) is 2.61. The molecule has 0 aliphatic heterocycles. The minimum Gasteiger partial charge on any atom is -0.388 e. The molecule has 4 heteroatoms. The van der Waals surface area contributed by atoms with Gasteiger partial charge in [-0.05, 0) is 50.9 Å². The lowest BCUT2D eigenvalue weighted by Gasteiger charge is -2.35. The predicted molar refractivity (Wildman–Crippen MR) is 66.8 cm³/mol. The van der Waals surface area contributed by atoms with Crippen LogP contribution in [-0.4, -0.2) is 29.3 Å². The maximum atomic E-state index is 11.6. The van der Waals surface area contributed by atoms with E-state index >= 15 is 0 Å². The van der Waals surface area contributed by atoms with Crippen molar-refractivity contribution in [1.82, 2.24) is 10.6 Å². The molecule has 0 saturated heterocycles. The second-order valence-electron chi connectivity index (χ2n) is 5.86. The molecule has 2 aliphatic rings. The Morgan fingerprint density at radius 1 is 1.29 bits per heavy atom. The second kappa shape index (κ2) is 5.25. The third kappa shape index (κ3) is 3.60. The first kappa shape index (κ1) is 12.7. The highest BCUT2D eigenvalue weighted by Crippen LogP contribution is 2.31. The fourth-order valence-corrected chi connectivity index (χ4v) is 2.51. The number of urea groups is 1. The van der Waals surface area contributed by atoms with Crippen molar-refractivity contribution >= 4 is 6.03 Å². The van der Waals surface area contributed by atoms with Crippen molar-refractivity contribution in [2.75, 3.05) is 6.54 Å². The summed E-state index contributed by atoms with van der Waals surface area (Å²) in [5.41, 5.74) is -0.677. The van der Waals surface area contributed by atoms with Gasteiger partial charge in [-0.1, -0.05) is 6.92 Å². The van der Waals surface area contributed by atoms with E-state index in [0.29, 0.717) is 18.5 Å². The number of aliphatic hydroxyl groups is 1. The molecule has 3 N–H and O–H groups in total. The Labute approximate surface area is 103 Å². The van der Waals surface area contributed by atoms with Gasteiger partial charge < -0.3 is 15.7 Å². The van der Waals surface area contributed by atoms with Gasteiger partial charge in [0, 0.05) is 12.6 Å². The zero-order chi connectivity index (χ0) is 12.3. The molecule has 0 aromatic rings. The van der Waals surface area contributed by atoms with Crippen LogP contribution in [0.5, 0.6) is 0 Å². The molecule has 98 valence electrons. The van der Waals surface area contributed by atoms with Crippen molar-refractivity contribution in [2.24, 2.45) is 5.92 Å². The van der Waals surface area contributed by atoms with Crippen LogP contribution in [0, 0.1) is 5.92 Å². The fourth-order valence-electron chi connectivity index (χ4n) is 2.51. The summed E-state index contributed by atoms with van der Waals surface area (Å²) >= 11 is 0. The SMILES string of the molecule is CC1CCC(O)(CNC(=O)NC2CCC2)CC1. The molecule has 0 aromatic heterocycles. The molecule has 2 amide bonds. The van der Waals surface area contributed by atoms with Gasteiger partial charge >= 0.3 is 6.03 Å². The maximum Gasteiger partial charge on any atom is 0.315 e. The highest BCUT2D eigenvalue weighted by atomic mass is 16.3. The molecule has 0 bridgehead atoms. The van der Waals surface area contributed by atoms with Crippen LogP contribution in [-0.2, 0) is 0 Å². The minimum absolute atomic E-state index is 0.123. The zero-order valence-electron chi connectivity index (χ0n) is 10.7. The molecular weight excluding hydrogens is 216 g/mol. The summed E-state index contributed by atoms with van der Waals surface area (Å²) in [5, 5.41) is 16.0. The van der Waals surface area contributed by atoms with Crippen LogP contribution < -0.4 is 10.6 Å². The molecule has 2 fully saturated rings. The van der Waals surface area contributed by atoms with Gasteiger partial charge in [0.15, 0.2) is 0 Å². The first-order chi connectivity index (χ1) is 8.07. The number of rotatable bonds is 3. The number of hydrogen-bond donors (Lipinski definition) is 3. The van der Waals surface area contributed by atoms with Crippen molar-refractivity contribution in [3.05, 3.63) is 0 Å². The third-order valence-corrected chi connectivity index (χ3v) is 4.22. The van der Waals surface area contributed by atoms with E-state index in [-0.39, 0.29) is 6.03 Å². The van der Waals surface area contributed by atoms with Crippen molar-refractivity contribution in [3.63, 3.8) is 0 Å². The van der Waals surface area contributed by atoms with Gasteiger partial charge in [0.2, 0.25) is 0 Å². The Morgan fingerprint density at radius 3 is 2.47 bits per heavy atom. The lowest BCUT2D eigenvalue weighted by atomic mass is 9.79. The van der Waals surface area contributed by atoms with Gasteiger partial charge in [-0.25, -0.2) is 4.79 Å². The van der Waals surface area contributed by atoms with Gasteiger partial charge in [-0.2, -0.15) is 0 Å². The van der Waals surface area contributed by atoms with Gasteiger partial charge in [-0.15, -0.1) is 0 Å². The van der Waals surface area contributed by atoms with Crippen LogP contribution in [0.4, 0.5) is 4.79 Å². The molecule has 2 aliphatic carbocycles. The number of carbonyl (C=O) groups is 1. The van der Waals surface area contributed by atoms with Gasteiger partial charge in [0.25, 0.3) is 0 Å². The maximum absolute atomic E-state index is 11.6. The van der Waals surface area contributed by atoms with Crippen LogP contribution in [0.3, 0.4) is 0 Å². The Hall–Kier alpha value is -0.770. The average Bonchev–Trinajstić information content (AvgIpc) is 2.26. The van der Waals surface area contributed by atoms with E-state index in [9.17, 15) is 9.90 Å². The highest BCUT2D eigenvalue weighted by Gasteiger charge is 2.32. The molecule has 2 rings (SSSR count). The van der Waals surface area contributed by atoms with Gasteiger partial charge in [-0.3, -0.25) is 0 Å². The predicted octanol–water partition coefficient (Wildman–Crippen LogP) is 1.78. The molecule has 4 nitrogen and oxygen atoms in total. The zero-order valence-corrected chi connectivity index (χ0v) is 10.7. The summed E-state index contributed by atoms with van der Waals surface area (Å²) < 4.78 is 0. The smallest absolute Gasteiger partial charge is 0.315 e. The highest BCUT2D eigenvalue weighted by molar-refractivity contribution is 5.74. The van der Waals surface area contributed by atoms with Crippen LogP contribution in [0.1, 0.15) is 51.9 Å². The molecule has 0 atom stereocenters. The monoisotopic (exact) mass is 240 g/mol. The van der Waals surface area contributed by atoms with Crippen molar-refractivity contribution in [2.45, 2.75) is 63.5 Å². The van der Waals surface area contributed by atoms with Crippen molar-refractivity contribution in [1.29, 1.82) is 0 Å². The Balaban J connectivity index is 1.67. The molecule has 2 saturated carbocycles. The average molecular weight is 240 g/mol.